The lowest BCUT2D eigenvalue weighted by atomic mass is 10.1. The molecule has 2 amide bonds. The highest BCUT2D eigenvalue weighted by Gasteiger charge is 2.44. The fraction of sp³-hybridized carbons (Fsp3) is 0.513. The summed E-state index contributed by atoms with van der Waals surface area (Å²) in [7, 11) is -1.82. The number of rotatable bonds is 13. The third-order valence-electron chi connectivity index (χ3n) is 7.85. The number of pyridine rings is 1. The molecule has 12 nitrogen and oxygen atoms in total. The Balaban J connectivity index is 1.82. The highest BCUT2D eigenvalue weighted by Crippen LogP contribution is 2.36. The first-order chi connectivity index (χ1) is 25.0. The number of imide groups is 1. The van der Waals surface area contributed by atoms with Gasteiger partial charge in [0.15, 0.2) is 5.79 Å². The monoisotopic (exact) mass is 802 g/mol. The minimum atomic E-state index is -1.82. The van der Waals surface area contributed by atoms with Crippen LogP contribution in [0.2, 0.25) is 5.02 Å². The molecule has 4 rings (SSSR count). The predicted molar refractivity (Wildman–Crippen MR) is 214 cm³/mol. The minimum Gasteiger partial charge on any atom is -0.431 e. The molecule has 0 fully saturated rings. The molecule has 0 saturated carbocycles. The molecule has 294 valence electrons. The fourth-order valence-corrected chi connectivity index (χ4v) is 6.92. The van der Waals surface area contributed by atoms with Crippen LogP contribution in [0.4, 0.5) is 15.5 Å². The molecule has 3 heterocycles. The zero-order valence-corrected chi connectivity index (χ0v) is 35.5. The number of fused-ring (bicyclic) bond motifs is 1. The maximum atomic E-state index is 13.8. The van der Waals surface area contributed by atoms with Gasteiger partial charge in [0, 0.05) is 34.4 Å². The van der Waals surface area contributed by atoms with Crippen molar-refractivity contribution in [3.63, 3.8) is 0 Å². The van der Waals surface area contributed by atoms with Crippen molar-refractivity contribution in [2.24, 2.45) is 5.14 Å². The van der Waals surface area contributed by atoms with E-state index in [1.165, 1.54) is 6.20 Å². The van der Waals surface area contributed by atoms with Crippen LogP contribution in [0.5, 0.6) is 0 Å². The van der Waals surface area contributed by atoms with Crippen LogP contribution in [-0.2, 0) is 49.5 Å². The number of nitrogens with zero attached hydrogens (tertiary/aromatic N) is 4. The van der Waals surface area contributed by atoms with E-state index in [-0.39, 0.29) is 23.9 Å². The van der Waals surface area contributed by atoms with E-state index in [0.717, 1.165) is 43.1 Å². The van der Waals surface area contributed by atoms with Gasteiger partial charge in [0.2, 0.25) is 0 Å². The van der Waals surface area contributed by atoms with E-state index >= 15 is 0 Å². The first kappa shape index (κ1) is 43.2. The molecule has 0 aliphatic rings. The van der Waals surface area contributed by atoms with E-state index < -0.39 is 44.9 Å². The van der Waals surface area contributed by atoms with Gasteiger partial charge in [-0.2, -0.15) is 0 Å². The van der Waals surface area contributed by atoms with E-state index in [0.29, 0.717) is 18.9 Å². The molecule has 3 aromatic heterocycles. The van der Waals surface area contributed by atoms with Crippen LogP contribution in [0.3, 0.4) is 0 Å². The van der Waals surface area contributed by atoms with Crippen molar-refractivity contribution in [2.45, 2.75) is 124 Å². The molecule has 15 heteroatoms. The molecule has 0 aliphatic heterocycles. The van der Waals surface area contributed by atoms with E-state index in [9.17, 15) is 13.8 Å². The Labute approximate surface area is 329 Å². The van der Waals surface area contributed by atoms with Crippen molar-refractivity contribution in [3.05, 3.63) is 69.9 Å². The lowest BCUT2D eigenvalue weighted by Gasteiger charge is -2.27. The third-order valence-corrected chi connectivity index (χ3v) is 10.6. The Morgan fingerprint density at radius 1 is 0.944 bits per heavy atom. The second-order valence-corrected chi connectivity index (χ2v) is 19.2. The second-order valence-electron chi connectivity index (χ2n) is 16.0. The maximum absolute atomic E-state index is 13.8. The second kappa shape index (κ2) is 17.1. The lowest BCUT2D eigenvalue weighted by Crippen LogP contribution is -2.57. The largest absolute Gasteiger partial charge is 0.489 e. The highest BCUT2D eigenvalue weighted by atomic mass is 35.5. The molecule has 0 saturated heterocycles. The Hall–Kier alpha value is -3.53. The van der Waals surface area contributed by atoms with Gasteiger partial charge < -0.3 is 18.9 Å². The van der Waals surface area contributed by atoms with Gasteiger partial charge in [0.1, 0.15) is 28.1 Å². The molecule has 1 aromatic carbocycles. The number of hydrogen-bond acceptors (Lipinski definition) is 10. The summed E-state index contributed by atoms with van der Waals surface area (Å²) >= 11 is 8.47. The summed E-state index contributed by atoms with van der Waals surface area (Å²) < 4.78 is 37.6. The van der Waals surface area contributed by atoms with E-state index in [2.05, 4.69) is 18.0 Å². The number of hydrogen-bond donors (Lipinski definition) is 1. The average Bonchev–Trinajstić information content (AvgIpc) is 3.47. The number of carbonyl (C=O) groups is 2. The fourth-order valence-electron chi connectivity index (χ4n) is 5.26. The summed E-state index contributed by atoms with van der Waals surface area (Å²) in [6.07, 6.45) is 2.32. The van der Waals surface area contributed by atoms with Gasteiger partial charge in [-0.05, 0) is 105 Å². The number of anilines is 1. The number of amides is 2. The molecule has 2 N–H and O–H groups in total. The van der Waals surface area contributed by atoms with Crippen LogP contribution in [0, 0.1) is 0 Å². The van der Waals surface area contributed by atoms with Crippen molar-refractivity contribution >= 4 is 62.1 Å². The molecular weight excluding hydrogens is 750 g/mol. The number of carbonyl (C=O) groups excluding carboxylic acids is 2. The zero-order valence-electron chi connectivity index (χ0n) is 33.1. The highest BCUT2D eigenvalue weighted by molar-refractivity contribution is 7.84. The number of thiophene rings is 1. The maximum Gasteiger partial charge on any atom is 0.489 e. The van der Waals surface area contributed by atoms with Gasteiger partial charge in [0.05, 0.1) is 34.6 Å². The number of benzene rings is 1. The summed E-state index contributed by atoms with van der Waals surface area (Å²) in [5.41, 5.74) is 1.30. The van der Waals surface area contributed by atoms with Crippen molar-refractivity contribution in [1.29, 1.82) is 0 Å². The molecule has 0 unspecified atom stereocenters. The lowest BCUT2D eigenvalue weighted by molar-refractivity contribution is -0.696. The normalized spacial score (nSPS) is 13.2. The molecule has 0 bridgehead atoms. The minimum absolute atomic E-state index is 0.0222. The summed E-state index contributed by atoms with van der Waals surface area (Å²) in [5, 5.41) is 7.22. The first-order valence-corrected chi connectivity index (χ1v) is 20.2. The number of aromatic nitrogens is 3. The SMILES string of the molecule is CCCOC(C)(C)OCc1ccnc(-c2cccc3cc(Cc4c(Cl)cnc(N(C(=O)OC(C)(C)C)C(=O)OC(C)(C)C)[n+]4CC(C)(C)[S@@](N)=O)sc23)c1. The van der Waals surface area contributed by atoms with Crippen molar-refractivity contribution in [1.82, 2.24) is 9.97 Å². The third kappa shape index (κ3) is 11.5. The van der Waals surface area contributed by atoms with Crippen LogP contribution in [0.15, 0.2) is 48.8 Å². The number of nitrogens with two attached hydrogens (primary N) is 1. The quantitative estimate of drug-likeness (QED) is 0.104. The van der Waals surface area contributed by atoms with Gasteiger partial charge in [-0.15, -0.1) is 11.3 Å². The van der Waals surface area contributed by atoms with E-state index in [4.69, 9.17) is 40.7 Å². The summed E-state index contributed by atoms with van der Waals surface area (Å²) in [4.78, 5) is 38.3. The van der Waals surface area contributed by atoms with Crippen molar-refractivity contribution in [3.8, 4) is 11.3 Å². The van der Waals surface area contributed by atoms with Gasteiger partial charge in [-0.3, -0.25) is 10.1 Å². The summed E-state index contributed by atoms with van der Waals surface area (Å²) in [6.45, 7) is 20.4. The number of halogens is 1. The van der Waals surface area contributed by atoms with E-state index in [1.54, 1.807) is 77.5 Å². The molecular formula is C39H53ClN5O7S2+. The standard InChI is InChI=1S/C39H53ClN5O7S2/c1-12-18-49-39(10,11)50-23-25-16-17-42-30(19-25)28-15-13-14-26-20-27(53-32(26)28)21-31-29(40)22-43-33(44(31)24-38(8,9)54(41)48)45(34(46)51-36(2,3)4)35(47)52-37(5,6)7/h13-17,19-20,22H,12,18,21,23-24,41H2,1-11H3/q+1/t54-/m0/s1. The zero-order chi connectivity index (χ0) is 40.2. The Morgan fingerprint density at radius 3 is 2.19 bits per heavy atom. The number of ether oxygens (including phenoxy) is 4. The smallest absolute Gasteiger partial charge is 0.431 e. The van der Waals surface area contributed by atoms with Gasteiger partial charge >= 0.3 is 18.1 Å². The van der Waals surface area contributed by atoms with Crippen LogP contribution in [0.25, 0.3) is 21.3 Å². The van der Waals surface area contributed by atoms with Crippen molar-refractivity contribution in [2.75, 3.05) is 11.5 Å². The summed E-state index contributed by atoms with van der Waals surface area (Å²) in [5.74, 6) is -0.845. The van der Waals surface area contributed by atoms with Crippen LogP contribution < -0.4 is 14.6 Å². The average molecular weight is 803 g/mol. The molecule has 54 heavy (non-hydrogen) atoms. The van der Waals surface area contributed by atoms with Gasteiger partial charge in [0.25, 0.3) is 0 Å². The van der Waals surface area contributed by atoms with Crippen LogP contribution in [-0.4, -0.2) is 54.7 Å². The van der Waals surface area contributed by atoms with E-state index in [1.807, 2.05) is 44.2 Å². The Kier molecular flexibility index (Phi) is 13.7. The molecule has 0 radical (unpaired) electrons. The topological polar surface area (TPSA) is 147 Å². The molecule has 1 atom stereocenters. The molecule has 4 aromatic rings. The first-order valence-electron chi connectivity index (χ1n) is 17.7. The summed E-state index contributed by atoms with van der Waals surface area (Å²) in [6, 6.07) is 12.0. The Morgan fingerprint density at radius 2 is 1.59 bits per heavy atom. The van der Waals surface area contributed by atoms with Crippen LogP contribution in [0.1, 0.15) is 98.7 Å². The van der Waals surface area contributed by atoms with Crippen molar-refractivity contribution < 1.29 is 37.3 Å². The van der Waals surface area contributed by atoms with Gasteiger partial charge in [-0.25, -0.2) is 18.4 Å². The predicted octanol–water partition coefficient (Wildman–Crippen LogP) is 8.65. The Bertz CT molecular complexity index is 1980. The molecule has 0 spiro atoms. The van der Waals surface area contributed by atoms with Crippen LogP contribution >= 0.6 is 22.9 Å². The molecule has 0 aliphatic carbocycles. The van der Waals surface area contributed by atoms with Gasteiger partial charge in [-0.1, -0.05) is 46.6 Å².